The van der Waals surface area contributed by atoms with Crippen LogP contribution < -0.4 is 0 Å². The van der Waals surface area contributed by atoms with Gasteiger partial charge >= 0.3 is 6.18 Å². The quantitative estimate of drug-likeness (QED) is 0.711. The molecule has 1 N–H and O–H groups in total. The Kier molecular flexibility index (Phi) is 2.78. The lowest BCUT2D eigenvalue weighted by Crippen LogP contribution is -2.07. The number of hydrogen-bond acceptors (Lipinski definition) is 2. The SMILES string of the molecule is C/C=C(/O)c1ccnc(C(F)(F)F)c1. The van der Waals surface area contributed by atoms with Gasteiger partial charge < -0.3 is 5.11 Å². The molecule has 0 saturated heterocycles. The summed E-state index contributed by atoms with van der Waals surface area (Å²) in [5, 5.41) is 9.19. The Morgan fingerprint density at radius 3 is 2.64 bits per heavy atom. The maximum absolute atomic E-state index is 12.2. The summed E-state index contributed by atoms with van der Waals surface area (Å²) in [6, 6.07) is 2.11. The maximum Gasteiger partial charge on any atom is 0.433 e. The molecule has 14 heavy (non-hydrogen) atoms. The van der Waals surface area contributed by atoms with Gasteiger partial charge in [-0.25, -0.2) is 0 Å². The van der Waals surface area contributed by atoms with Crippen LogP contribution in [0.4, 0.5) is 13.2 Å². The van der Waals surface area contributed by atoms with Crippen LogP contribution in [0.15, 0.2) is 24.4 Å². The smallest absolute Gasteiger partial charge is 0.433 e. The second-order valence-electron chi connectivity index (χ2n) is 2.60. The molecule has 0 fully saturated rings. The van der Waals surface area contributed by atoms with Crippen LogP contribution in [0.1, 0.15) is 18.2 Å². The highest BCUT2D eigenvalue weighted by Crippen LogP contribution is 2.28. The highest BCUT2D eigenvalue weighted by Gasteiger charge is 2.32. The lowest BCUT2D eigenvalue weighted by Gasteiger charge is -2.06. The molecule has 0 bridgehead atoms. The molecule has 0 aliphatic carbocycles. The molecule has 0 aromatic carbocycles. The van der Waals surface area contributed by atoms with Crippen LogP contribution in [-0.2, 0) is 6.18 Å². The van der Waals surface area contributed by atoms with Crippen molar-refractivity contribution >= 4 is 5.76 Å². The van der Waals surface area contributed by atoms with E-state index in [1.807, 2.05) is 0 Å². The lowest BCUT2D eigenvalue weighted by atomic mass is 10.2. The van der Waals surface area contributed by atoms with E-state index in [0.717, 1.165) is 12.3 Å². The van der Waals surface area contributed by atoms with Crippen LogP contribution in [0.3, 0.4) is 0 Å². The van der Waals surface area contributed by atoms with Gasteiger partial charge in [-0.05, 0) is 25.1 Å². The number of halogens is 3. The van der Waals surface area contributed by atoms with Crippen LogP contribution in [0, 0.1) is 0 Å². The Hall–Kier alpha value is -1.52. The number of aliphatic hydroxyl groups excluding tert-OH is 1. The highest BCUT2D eigenvalue weighted by molar-refractivity contribution is 5.57. The molecule has 1 aromatic heterocycles. The van der Waals surface area contributed by atoms with Gasteiger partial charge in [-0.15, -0.1) is 0 Å². The van der Waals surface area contributed by atoms with Crippen molar-refractivity contribution in [2.75, 3.05) is 0 Å². The Labute approximate surface area is 78.7 Å². The van der Waals surface area contributed by atoms with E-state index in [1.165, 1.54) is 19.1 Å². The van der Waals surface area contributed by atoms with Gasteiger partial charge in [-0.2, -0.15) is 13.2 Å². The van der Waals surface area contributed by atoms with Crippen LogP contribution in [-0.4, -0.2) is 10.1 Å². The van der Waals surface area contributed by atoms with Crippen molar-refractivity contribution in [2.45, 2.75) is 13.1 Å². The molecule has 1 heterocycles. The zero-order valence-corrected chi connectivity index (χ0v) is 7.34. The van der Waals surface area contributed by atoms with E-state index in [4.69, 9.17) is 0 Å². The molecular weight excluding hydrogens is 195 g/mol. The largest absolute Gasteiger partial charge is 0.508 e. The molecule has 0 radical (unpaired) electrons. The fraction of sp³-hybridized carbons (Fsp3) is 0.222. The molecular formula is C9H8F3NO. The summed E-state index contributed by atoms with van der Waals surface area (Å²) < 4.78 is 36.5. The van der Waals surface area contributed by atoms with Crippen molar-refractivity contribution in [1.82, 2.24) is 4.98 Å². The highest BCUT2D eigenvalue weighted by atomic mass is 19.4. The van der Waals surface area contributed by atoms with Gasteiger partial charge in [-0.1, -0.05) is 0 Å². The second kappa shape index (κ2) is 3.69. The predicted octanol–water partition coefficient (Wildman–Crippen LogP) is 3.02. The van der Waals surface area contributed by atoms with E-state index in [0.29, 0.717) is 0 Å². The minimum Gasteiger partial charge on any atom is -0.508 e. The van der Waals surface area contributed by atoms with Gasteiger partial charge in [-0.3, -0.25) is 4.98 Å². The molecule has 0 aliphatic rings. The molecule has 0 unspecified atom stereocenters. The molecule has 1 aromatic rings. The summed E-state index contributed by atoms with van der Waals surface area (Å²) in [6.45, 7) is 1.53. The number of hydrogen-bond donors (Lipinski definition) is 1. The standard InChI is InChI=1S/C9H8F3NO/c1-2-7(14)6-3-4-13-8(5-6)9(10,11)12/h2-5,14H,1H3/b7-2+. The molecule has 0 spiro atoms. The Morgan fingerprint density at radius 2 is 2.14 bits per heavy atom. The van der Waals surface area contributed by atoms with Crippen molar-refractivity contribution in [3.63, 3.8) is 0 Å². The third-order valence-electron chi connectivity index (χ3n) is 1.62. The number of alkyl halides is 3. The van der Waals surface area contributed by atoms with E-state index >= 15 is 0 Å². The topological polar surface area (TPSA) is 33.1 Å². The molecule has 2 nitrogen and oxygen atoms in total. The van der Waals surface area contributed by atoms with Crippen molar-refractivity contribution in [3.05, 3.63) is 35.7 Å². The van der Waals surface area contributed by atoms with Crippen molar-refractivity contribution in [3.8, 4) is 0 Å². The average molecular weight is 203 g/mol. The zero-order valence-electron chi connectivity index (χ0n) is 7.34. The molecule has 1 rings (SSSR count). The molecule has 0 aliphatic heterocycles. The van der Waals surface area contributed by atoms with Crippen molar-refractivity contribution in [1.29, 1.82) is 0 Å². The first-order valence-electron chi connectivity index (χ1n) is 3.84. The predicted molar refractivity (Wildman–Crippen MR) is 45.5 cm³/mol. The molecule has 0 amide bonds. The number of nitrogens with zero attached hydrogens (tertiary/aromatic N) is 1. The normalized spacial score (nSPS) is 13.0. The van der Waals surface area contributed by atoms with Crippen LogP contribution >= 0.6 is 0 Å². The Balaban J connectivity index is 3.14. The number of pyridine rings is 1. The monoisotopic (exact) mass is 203 g/mol. The van der Waals surface area contributed by atoms with Crippen LogP contribution in [0.2, 0.25) is 0 Å². The average Bonchev–Trinajstić information content (AvgIpc) is 2.15. The Morgan fingerprint density at radius 1 is 1.50 bits per heavy atom. The van der Waals surface area contributed by atoms with Gasteiger partial charge in [0, 0.05) is 11.8 Å². The van der Waals surface area contributed by atoms with Gasteiger partial charge in [0.1, 0.15) is 11.5 Å². The third kappa shape index (κ3) is 2.25. The summed E-state index contributed by atoms with van der Waals surface area (Å²) in [7, 11) is 0. The fourth-order valence-electron chi connectivity index (χ4n) is 0.912. The third-order valence-corrected chi connectivity index (χ3v) is 1.62. The summed E-state index contributed by atoms with van der Waals surface area (Å²) in [5.74, 6) is -0.196. The fourth-order valence-corrected chi connectivity index (χ4v) is 0.912. The van der Waals surface area contributed by atoms with Crippen LogP contribution in [0.25, 0.3) is 5.76 Å². The second-order valence-corrected chi connectivity index (χ2v) is 2.60. The molecule has 76 valence electrons. The van der Waals surface area contributed by atoms with E-state index in [2.05, 4.69) is 4.98 Å². The number of aromatic nitrogens is 1. The van der Waals surface area contributed by atoms with Crippen LogP contribution in [0.5, 0.6) is 0 Å². The molecule has 0 saturated carbocycles. The first-order valence-corrected chi connectivity index (χ1v) is 3.84. The zero-order chi connectivity index (χ0) is 10.8. The number of rotatable bonds is 1. The van der Waals surface area contributed by atoms with Gasteiger partial charge in [0.05, 0.1) is 0 Å². The first kappa shape index (κ1) is 10.6. The summed E-state index contributed by atoms with van der Waals surface area (Å²) >= 11 is 0. The summed E-state index contributed by atoms with van der Waals surface area (Å²) in [5.41, 5.74) is -0.904. The van der Waals surface area contributed by atoms with E-state index in [-0.39, 0.29) is 11.3 Å². The minimum atomic E-state index is -4.48. The van der Waals surface area contributed by atoms with Gasteiger partial charge in [0.2, 0.25) is 0 Å². The first-order chi connectivity index (χ1) is 6.45. The molecule has 0 atom stereocenters. The number of allylic oxidation sites excluding steroid dienone is 1. The number of aliphatic hydroxyl groups is 1. The minimum absolute atomic E-state index is 0.106. The summed E-state index contributed by atoms with van der Waals surface area (Å²) in [4.78, 5) is 3.16. The molecule has 5 heteroatoms. The Bertz CT molecular complexity index is 357. The van der Waals surface area contributed by atoms with Crippen molar-refractivity contribution in [2.24, 2.45) is 0 Å². The van der Waals surface area contributed by atoms with Gasteiger partial charge in [0.25, 0.3) is 0 Å². The van der Waals surface area contributed by atoms with E-state index < -0.39 is 11.9 Å². The maximum atomic E-state index is 12.2. The van der Waals surface area contributed by atoms with Gasteiger partial charge in [0.15, 0.2) is 0 Å². The van der Waals surface area contributed by atoms with E-state index in [1.54, 1.807) is 0 Å². The van der Waals surface area contributed by atoms with E-state index in [9.17, 15) is 18.3 Å². The lowest BCUT2D eigenvalue weighted by molar-refractivity contribution is -0.141. The van der Waals surface area contributed by atoms with Crippen molar-refractivity contribution < 1.29 is 18.3 Å². The summed E-state index contributed by atoms with van der Waals surface area (Å²) in [6.07, 6.45) is -2.16.